The molecule has 1 aliphatic rings. The van der Waals surface area contributed by atoms with E-state index in [9.17, 15) is 4.57 Å². The summed E-state index contributed by atoms with van der Waals surface area (Å²) in [5.41, 5.74) is 0. The first-order valence-electron chi connectivity index (χ1n) is 6.40. The molecule has 0 bridgehead atoms. The molecule has 0 unspecified atom stereocenters. The van der Waals surface area contributed by atoms with Crippen LogP contribution in [0.1, 0.15) is 6.42 Å². The lowest BCUT2D eigenvalue weighted by atomic mass is 10.4. The molecular formula is C17H15OP. The Bertz CT molecular complexity index is 625. The molecule has 19 heavy (non-hydrogen) atoms. The van der Waals surface area contributed by atoms with Gasteiger partial charge in [0.2, 0.25) is 0 Å². The molecule has 2 heteroatoms. The molecule has 2 aromatic carbocycles. The van der Waals surface area contributed by atoms with Gasteiger partial charge in [0.15, 0.2) is 7.14 Å². The van der Waals surface area contributed by atoms with Gasteiger partial charge in [-0.1, -0.05) is 78.9 Å². The van der Waals surface area contributed by atoms with E-state index in [4.69, 9.17) is 0 Å². The third-order valence-corrected chi connectivity index (χ3v) is 6.46. The first-order chi connectivity index (χ1) is 9.32. The van der Waals surface area contributed by atoms with Gasteiger partial charge in [0, 0.05) is 15.9 Å². The Morgan fingerprint density at radius 1 is 0.789 bits per heavy atom. The van der Waals surface area contributed by atoms with Gasteiger partial charge in [-0.05, 0) is 6.42 Å². The Morgan fingerprint density at radius 2 is 1.32 bits per heavy atom. The predicted octanol–water partition coefficient (Wildman–Crippen LogP) is 3.84. The van der Waals surface area contributed by atoms with E-state index in [1.165, 1.54) is 0 Å². The van der Waals surface area contributed by atoms with Crippen LogP contribution in [0.15, 0.2) is 84.2 Å². The molecule has 0 radical (unpaired) electrons. The minimum atomic E-state index is -2.70. The molecule has 0 N–H and O–H groups in total. The normalized spacial score (nSPS) is 14.4. The van der Waals surface area contributed by atoms with Crippen LogP contribution in [0, 0.1) is 0 Å². The van der Waals surface area contributed by atoms with E-state index in [1.54, 1.807) is 0 Å². The van der Waals surface area contributed by atoms with Crippen LogP contribution in [-0.2, 0) is 4.57 Å². The molecule has 0 aromatic heterocycles. The summed E-state index contributed by atoms with van der Waals surface area (Å²) >= 11 is 0. The van der Waals surface area contributed by atoms with Crippen LogP contribution in [-0.4, -0.2) is 0 Å². The topological polar surface area (TPSA) is 17.1 Å². The molecule has 0 atom stereocenters. The minimum absolute atomic E-state index is 0.874. The highest BCUT2D eigenvalue weighted by molar-refractivity contribution is 7.82. The predicted molar refractivity (Wildman–Crippen MR) is 81.6 cm³/mol. The lowest BCUT2D eigenvalue weighted by Crippen LogP contribution is -2.16. The standard InChI is InChI=1S/C17H15OP/c18-19(17-13-7-8-14-17,15-9-3-1-4-10-15)16-11-5-2-6-12-16/h1-7,9-14H,8H2. The molecule has 2 aromatic rings. The van der Waals surface area contributed by atoms with Crippen LogP contribution in [0.4, 0.5) is 0 Å². The second-order valence-electron chi connectivity index (χ2n) is 4.55. The van der Waals surface area contributed by atoms with Crippen LogP contribution < -0.4 is 10.6 Å². The number of rotatable bonds is 3. The van der Waals surface area contributed by atoms with E-state index in [0.717, 1.165) is 22.3 Å². The van der Waals surface area contributed by atoms with Crippen LogP contribution in [0.5, 0.6) is 0 Å². The summed E-state index contributed by atoms with van der Waals surface area (Å²) in [7, 11) is -2.70. The zero-order valence-corrected chi connectivity index (χ0v) is 11.5. The van der Waals surface area contributed by atoms with Crippen molar-refractivity contribution >= 4 is 17.8 Å². The Labute approximate surface area is 113 Å². The fourth-order valence-corrected chi connectivity index (χ4v) is 5.16. The molecule has 1 nitrogen and oxygen atoms in total. The van der Waals surface area contributed by atoms with Gasteiger partial charge in [-0.3, -0.25) is 0 Å². The molecule has 0 spiro atoms. The second-order valence-corrected chi connectivity index (χ2v) is 7.32. The molecule has 0 saturated heterocycles. The molecule has 1 aliphatic carbocycles. The van der Waals surface area contributed by atoms with Crippen molar-refractivity contribution in [1.29, 1.82) is 0 Å². The van der Waals surface area contributed by atoms with Crippen LogP contribution in [0.3, 0.4) is 0 Å². The van der Waals surface area contributed by atoms with E-state index in [0.29, 0.717) is 0 Å². The molecule has 0 aliphatic heterocycles. The van der Waals surface area contributed by atoms with Gasteiger partial charge >= 0.3 is 0 Å². The maximum atomic E-state index is 13.7. The van der Waals surface area contributed by atoms with Gasteiger partial charge in [-0.25, -0.2) is 0 Å². The lowest BCUT2D eigenvalue weighted by Gasteiger charge is -2.19. The van der Waals surface area contributed by atoms with E-state index in [1.807, 2.05) is 66.7 Å². The highest BCUT2D eigenvalue weighted by Gasteiger charge is 2.30. The van der Waals surface area contributed by atoms with Gasteiger partial charge in [0.05, 0.1) is 0 Å². The van der Waals surface area contributed by atoms with Crippen molar-refractivity contribution in [3.8, 4) is 0 Å². The summed E-state index contributed by atoms with van der Waals surface area (Å²) in [5.74, 6) is 0. The summed E-state index contributed by atoms with van der Waals surface area (Å²) in [5, 5.41) is 2.75. The SMILES string of the molecule is O=P(C1=CCC=C1)(c1ccccc1)c1ccccc1. The van der Waals surface area contributed by atoms with E-state index in [2.05, 4.69) is 12.2 Å². The van der Waals surface area contributed by atoms with Gasteiger partial charge in [0.1, 0.15) is 0 Å². The zero-order valence-electron chi connectivity index (χ0n) is 10.6. The molecule has 0 amide bonds. The summed E-state index contributed by atoms with van der Waals surface area (Å²) in [6, 6.07) is 19.5. The molecule has 0 saturated carbocycles. The summed E-state index contributed by atoms with van der Waals surface area (Å²) in [6.07, 6.45) is 7.01. The van der Waals surface area contributed by atoms with Crippen molar-refractivity contribution in [1.82, 2.24) is 0 Å². The van der Waals surface area contributed by atoms with E-state index >= 15 is 0 Å². The van der Waals surface area contributed by atoms with Crippen molar-refractivity contribution < 1.29 is 4.57 Å². The Morgan fingerprint density at radius 3 is 1.74 bits per heavy atom. The average Bonchev–Trinajstić information content (AvgIpc) is 3.03. The molecular weight excluding hydrogens is 251 g/mol. The van der Waals surface area contributed by atoms with Gasteiger partial charge in [-0.15, -0.1) is 0 Å². The summed E-state index contributed by atoms with van der Waals surface area (Å²) in [4.78, 5) is 0. The fraction of sp³-hybridized carbons (Fsp3) is 0.0588. The smallest absolute Gasteiger partial charge is 0.170 e. The third-order valence-electron chi connectivity index (χ3n) is 3.35. The van der Waals surface area contributed by atoms with Crippen LogP contribution in [0.2, 0.25) is 0 Å². The van der Waals surface area contributed by atoms with Gasteiger partial charge in [0.25, 0.3) is 0 Å². The second kappa shape index (κ2) is 5.03. The summed E-state index contributed by atoms with van der Waals surface area (Å²) in [6.45, 7) is 0. The van der Waals surface area contributed by atoms with Crippen molar-refractivity contribution in [2.45, 2.75) is 6.42 Å². The van der Waals surface area contributed by atoms with Crippen molar-refractivity contribution in [3.63, 3.8) is 0 Å². The largest absolute Gasteiger partial charge is 0.309 e. The van der Waals surface area contributed by atoms with Crippen molar-refractivity contribution in [2.75, 3.05) is 0 Å². The minimum Gasteiger partial charge on any atom is -0.309 e. The average molecular weight is 266 g/mol. The highest BCUT2D eigenvalue weighted by atomic mass is 31.2. The van der Waals surface area contributed by atoms with Crippen molar-refractivity contribution in [2.24, 2.45) is 0 Å². The monoisotopic (exact) mass is 266 g/mol. The fourth-order valence-electron chi connectivity index (χ4n) is 2.40. The Balaban J connectivity index is 2.23. The quantitative estimate of drug-likeness (QED) is 0.771. The van der Waals surface area contributed by atoms with Gasteiger partial charge < -0.3 is 4.57 Å². The summed E-state index contributed by atoms with van der Waals surface area (Å²) < 4.78 is 13.7. The maximum absolute atomic E-state index is 13.7. The van der Waals surface area contributed by atoms with Gasteiger partial charge in [-0.2, -0.15) is 0 Å². The maximum Gasteiger partial charge on any atom is 0.170 e. The first kappa shape index (κ1) is 12.2. The van der Waals surface area contributed by atoms with E-state index in [-0.39, 0.29) is 0 Å². The number of hydrogen-bond acceptors (Lipinski definition) is 1. The number of allylic oxidation sites excluding steroid dienone is 4. The number of benzene rings is 2. The Hall–Kier alpha value is -1.85. The van der Waals surface area contributed by atoms with Crippen molar-refractivity contribution in [3.05, 3.63) is 84.2 Å². The van der Waals surface area contributed by atoms with Crippen LogP contribution >= 0.6 is 7.14 Å². The molecule has 94 valence electrons. The highest BCUT2D eigenvalue weighted by Crippen LogP contribution is 2.53. The lowest BCUT2D eigenvalue weighted by molar-refractivity contribution is 0.591. The molecule has 0 heterocycles. The number of hydrogen-bond donors (Lipinski definition) is 0. The van der Waals surface area contributed by atoms with E-state index < -0.39 is 7.14 Å². The first-order valence-corrected chi connectivity index (χ1v) is 8.11. The molecule has 3 rings (SSSR count). The molecule has 0 fully saturated rings. The third kappa shape index (κ3) is 2.11. The van der Waals surface area contributed by atoms with Crippen LogP contribution in [0.25, 0.3) is 0 Å². The Kier molecular flexibility index (Phi) is 3.23. The zero-order chi connectivity index (χ0) is 13.1.